The zero-order valence-electron chi connectivity index (χ0n) is 25.2. The van der Waals surface area contributed by atoms with E-state index in [1.165, 1.54) is 14.2 Å². The Hall–Kier alpha value is -2.58. The molecule has 0 saturated heterocycles. The fourth-order valence-electron chi connectivity index (χ4n) is 4.88. The summed E-state index contributed by atoms with van der Waals surface area (Å²) in [6.45, 7) is 12.6. The Morgan fingerprint density at radius 2 is 1.28 bits per heavy atom. The summed E-state index contributed by atoms with van der Waals surface area (Å²) >= 11 is 0. The van der Waals surface area contributed by atoms with Gasteiger partial charge in [0, 0.05) is 10.8 Å². The average Bonchev–Trinajstić information content (AvgIpc) is 2.84. The van der Waals surface area contributed by atoms with E-state index in [1.54, 1.807) is 34.6 Å². The molecule has 2 atom stereocenters. The first kappa shape index (κ1) is 34.4. The second kappa shape index (κ2) is 13.7. The lowest BCUT2D eigenvalue weighted by Crippen LogP contribution is -2.49. The van der Waals surface area contributed by atoms with Crippen LogP contribution in [0.2, 0.25) is 0 Å². The van der Waals surface area contributed by atoms with Gasteiger partial charge in [0.2, 0.25) is 0 Å². The first-order valence-electron chi connectivity index (χ1n) is 13.6. The van der Waals surface area contributed by atoms with E-state index in [2.05, 4.69) is 0 Å². The molecule has 1 aromatic carbocycles. The third-order valence-electron chi connectivity index (χ3n) is 7.07. The predicted octanol–water partition coefficient (Wildman–Crippen LogP) is 4.40. The van der Waals surface area contributed by atoms with Crippen molar-refractivity contribution in [3.63, 3.8) is 0 Å². The summed E-state index contributed by atoms with van der Waals surface area (Å²) in [7, 11) is 2.44. The summed E-state index contributed by atoms with van der Waals surface area (Å²) in [4.78, 5) is 50.7. The lowest BCUT2D eigenvalue weighted by Gasteiger charge is -2.35. The van der Waals surface area contributed by atoms with Gasteiger partial charge in [-0.25, -0.2) is 0 Å². The number of esters is 2. The second-order valence-electron chi connectivity index (χ2n) is 12.8. The van der Waals surface area contributed by atoms with Crippen LogP contribution in [0.5, 0.6) is 0 Å². The zero-order chi connectivity index (χ0) is 30.2. The number of aliphatic hydroxyl groups is 2. The van der Waals surface area contributed by atoms with Crippen LogP contribution in [0.4, 0.5) is 0 Å². The van der Waals surface area contributed by atoms with Crippen LogP contribution in [0.15, 0.2) is 24.3 Å². The molecule has 0 aromatic heterocycles. The van der Waals surface area contributed by atoms with Crippen LogP contribution in [-0.2, 0) is 41.5 Å². The highest BCUT2D eigenvalue weighted by Gasteiger charge is 2.46. The van der Waals surface area contributed by atoms with Crippen molar-refractivity contribution in [2.24, 2.45) is 16.7 Å². The molecule has 1 rings (SSSR count). The zero-order valence-corrected chi connectivity index (χ0v) is 25.2. The van der Waals surface area contributed by atoms with Gasteiger partial charge in [-0.2, -0.15) is 0 Å². The molecule has 39 heavy (non-hydrogen) atoms. The van der Waals surface area contributed by atoms with Crippen molar-refractivity contribution in [2.75, 3.05) is 14.2 Å². The van der Waals surface area contributed by atoms with E-state index in [0.717, 1.165) is 11.1 Å². The van der Waals surface area contributed by atoms with Gasteiger partial charge in [0.15, 0.2) is 11.6 Å². The molecule has 8 nitrogen and oxygen atoms in total. The molecule has 0 heterocycles. The van der Waals surface area contributed by atoms with Gasteiger partial charge in [-0.15, -0.1) is 0 Å². The van der Waals surface area contributed by atoms with E-state index in [4.69, 9.17) is 9.47 Å². The standard InChI is InChI=1S/C31H48O8/c1-21(2)13-15-31(37,20-25(33)39-9)27(35)29(6,7)18-23-12-10-11-22(17-23)14-16-30(36,19-24(32)38-8)26(34)28(3,4)5/h10-12,17,21,36-37H,13-16,18-20H2,1-9H3. The molecule has 2 unspecified atom stereocenters. The molecule has 0 aliphatic carbocycles. The predicted molar refractivity (Wildman–Crippen MR) is 149 cm³/mol. The number of methoxy groups -OCH3 is 2. The number of rotatable bonds is 15. The van der Waals surface area contributed by atoms with Gasteiger partial charge in [0.1, 0.15) is 11.2 Å². The maximum absolute atomic E-state index is 13.6. The number of aryl methyl sites for hydroxylation is 1. The van der Waals surface area contributed by atoms with E-state index in [-0.39, 0.29) is 18.8 Å². The number of carbonyl (C=O) groups is 4. The van der Waals surface area contributed by atoms with Gasteiger partial charge in [-0.3, -0.25) is 19.2 Å². The van der Waals surface area contributed by atoms with Crippen molar-refractivity contribution < 1.29 is 38.9 Å². The molecular weight excluding hydrogens is 500 g/mol. The minimum atomic E-state index is -1.88. The van der Waals surface area contributed by atoms with Crippen LogP contribution >= 0.6 is 0 Å². The van der Waals surface area contributed by atoms with E-state index in [1.807, 2.05) is 38.1 Å². The van der Waals surface area contributed by atoms with Crippen LogP contribution < -0.4 is 0 Å². The summed E-state index contributed by atoms with van der Waals surface area (Å²) in [5.41, 5.74) is -3.91. The minimum absolute atomic E-state index is 0.0259. The number of ketones is 2. The second-order valence-corrected chi connectivity index (χ2v) is 12.8. The fraction of sp³-hybridized carbons (Fsp3) is 0.677. The molecule has 220 valence electrons. The molecule has 0 fully saturated rings. The van der Waals surface area contributed by atoms with Crippen molar-refractivity contribution in [1.82, 2.24) is 0 Å². The Bertz CT molecular complexity index is 1020. The van der Waals surface area contributed by atoms with Gasteiger partial charge in [-0.1, -0.05) is 72.7 Å². The molecule has 0 bridgehead atoms. The van der Waals surface area contributed by atoms with Gasteiger partial charge in [0.25, 0.3) is 0 Å². The van der Waals surface area contributed by atoms with Crippen molar-refractivity contribution in [2.45, 2.75) is 105 Å². The number of ether oxygens (including phenoxy) is 2. The smallest absolute Gasteiger partial charge is 0.308 e. The molecule has 0 radical (unpaired) electrons. The van der Waals surface area contributed by atoms with Crippen molar-refractivity contribution >= 4 is 23.5 Å². The third-order valence-corrected chi connectivity index (χ3v) is 7.07. The number of hydrogen-bond acceptors (Lipinski definition) is 8. The maximum atomic E-state index is 13.6. The number of benzene rings is 1. The minimum Gasteiger partial charge on any atom is -0.469 e. The lowest BCUT2D eigenvalue weighted by atomic mass is 9.71. The lowest BCUT2D eigenvalue weighted by molar-refractivity contribution is -0.159. The summed E-state index contributed by atoms with van der Waals surface area (Å²) in [6, 6.07) is 7.44. The molecule has 1 aromatic rings. The largest absolute Gasteiger partial charge is 0.469 e. The molecular formula is C31H48O8. The highest BCUT2D eigenvalue weighted by molar-refractivity contribution is 5.95. The Morgan fingerprint density at radius 1 is 0.795 bits per heavy atom. The van der Waals surface area contributed by atoms with Gasteiger partial charge < -0.3 is 19.7 Å². The Morgan fingerprint density at radius 3 is 1.74 bits per heavy atom. The summed E-state index contributed by atoms with van der Waals surface area (Å²) < 4.78 is 9.46. The topological polar surface area (TPSA) is 127 Å². The van der Waals surface area contributed by atoms with Crippen LogP contribution in [0.25, 0.3) is 0 Å². The van der Waals surface area contributed by atoms with Crippen molar-refractivity contribution in [3.05, 3.63) is 35.4 Å². The Balaban J connectivity index is 3.17. The Kier molecular flexibility index (Phi) is 12.1. The SMILES string of the molecule is COC(=O)CC(O)(CCc1cccc(CC(C)(C)C(=O)C(O)(CCC(C)C)CC(=O)OC)c1)C(=O)C(C)(C)C. The maximum Gasteiger partial charge on any atom is 0.308 e. The highest BCUT2D eigenvalue weighted by Crippen LogP contribution is 2.35. The van der Waals surface area contributed by atoms with Crippen LogP contribution in [0.1, 0.15) is 91.7 Å². The third kappa shape index (κ3) is 10.2. The van der Waals surface area contributed by atoms with Crippen molar-refractivity contribution in [1.29, 1.82) is 0 Å². The molecule has 2 N–H and O–H groups in total. The van der Waals surface area contributed by atoms with E-state index >= 15 is 0 Å². The average molecular weight is 549 g/mol. The number of hydrogen-bond donors (Lipinski definition) is 2. The fourth-order valence-corrected chi connectivity index (χ4v) is 4.88. The van der Waals surface area contributed by atoms with Crippen LogP contribution in [-0.4, -0.2) is 59.1 Å². The van der Waals surface area contributed by atoms with Crippen LogP contribution in [0, 0.1) is 16.7 Å². The first-order valence-corrected chi connectivity index (χ1v) is 13.6. The van der Waals surface area contributed by atoms with Gasteiger partial charge in [-0.05, 0) is 49.1 Å². The summed E-state index contributed by atoms with van der Waals surface area (Å²) in [5, 5.41) is 22.6. The normalized spacial score (nSPS) is 15.3. The van der Waals surface area contributed by atoms with Crippen molar-refractivity contribution in [3.8, 4) is 0 Å². The molecule has 0 saturated carbocycles. The molecule has 0 aliphatic heterocycles. The monoisotopic (exact) mass is 548 g/mol. The molecule has 8 heteroatoms. The van der Waals surface area contributed by atoms with E-state index in [0.29, 0.717) is 19.3 Å². The quantitative estimate of drug-likeness (QED) is 0.309. The first-order chi connectivity index (χ1) is 17.8. The van der Waals surface area contributed by atoms with E-state index in [9.17, 15) is 29.4 Å². The number of carbonyl (C=O) groups excluding carboxylic acids is 4. The molecule has 0 aliphatic rings. The van der Waals surface area contributed by atoms with E-state index < -0.39 is 58.4 Å². The molecule has 0 spiro atoms. The summed E-state index contributed by atoms with van der Waals surface area (Å²) in [6.07, 6.45) is 0.540. The van der Waals surface area contributed by atoms with Gasteiger partial charge >= 0.3 is 11.9 Å². The number of Topliss-reactive ketones (excluding diaryl/α,β-unsaturated/α-hetero) is 2. The highest BCUT2D eigenvalue weighted by atomic mass is 16.5. The molecule has 0 amide bonds. The Labute approximate surface area is 233 Å². The van der Waals surface area contributed by atoms with Crippen LogP contribution in [0.3, 0.4) is 0 Å². The van der Waals surface area contributed by atoms with Gasteiger partial charge in [0.05, 0.1) is 27.1 Å². The summed E-state index contributed by atoms with van der Waals surface area (Å²) in [5.74, 6) is -1.92.